The van der Waals surface area contributed by atoms with Gasteiger partial charge in [-0.2, -0.15) is 4.31 Å². The number of benzene rings is 2. The number of carbonyl (C=O) groups excluding carboxylic acids is 1. The topological polar surface area (TPSA) is 75.7 Å². The summed E-state index contributed by atoms with van der Waals surface area (Å²) in [4.78, 5) is 12.8. The van der Waals surface area contributed by atoms with E-state index in [1.165, 1.54) is 0 Å². The Morgan fingerprint density at radius 2 is 1.84 bits per heavy atom. The van der Waals surface area contributed by atoms with Crippen LogP contribution in [-0.4, -0.2) is 38.8 Å². The Morgan fingerprint density at radius 1 is 1.13 bits per heavy atom. The molecule has 7 heteroatoms. The molecule has 1 aliphatic rings. The number of sulfonamides is 1. The molecule has 0 saturated carbocycles. The Morgan fingerprint density at radius 3 is 2.52 bits per heavy atom. The number of aryl methyl sites for hydroxylation is 2. The SMILES string of the molecule is COc1ccc(S(=O)(=O)N2CCCCC2)cc1CCC(=O)N[C@@H](C)c1ccccc1C. The first-order chi connectivity index (χ1) is 14.8. The van der Waals surface area contributed by atoms with Crippen molar-refractivity contribution < 1.29 is 17.9 Å². The van der Waals surface area contributed by atoms with Gasteiger partial charge in [0.2, 0.25) is 15.9 Å². The number of carbonyl (C=O) groups is 1. The molecule has 0 aromatic heterocycles. The molecule has 1 N–H and O–H groups in total. The minimum absolute atomic E-state index is 0.0814. The van der Waals surface area contributed by atoms with Gasteiger partial charge in [0, 0.05) is 19.5 Å². The molecule has 168 valence electrons. The van der Waals surface area contributed by atoms with Crippen molar-refractivity contribution in [1.82, 2.24) is 9.62 Å². The molecule has 1 amide bonds. The van der Waals surface area contributed by atoms with E-state index in [1.54, 1.807) is 29.6 Å². The lowest BCUT2D eigenvalue weighted by Crippen LogP contribution is -2.35. The van der Waals surface area contributed by atoms with Crippen LogP contribution in [0.25, 0.3) is 0 Å². The van der Waals surface area contributed by atoms with Gasteiger partial charge in [-0.3, -0.25) is 4.79 Å². The van der Waals surface area contributed by atoms with Crippen LogP contribution in [0.3, 0.4) is 0 Å². The smallest absolute Gasteiger partial charge is 0.243 e. The second kappa shape index (κ2) is 10.3. The highest BCUT2D eigenvalue weighted by molar-refractivity contribution is 7.89. The zero-order valence-corrected chi connectivity index (χ0v) is 19.4. The predicted octanol–water partition coefficient (Wildman–Crippen LogP) is 3.99. The quantitative estimate of drug-likeness (QED) is 0.668. The Balaban J connectivity index is 1.69. The van der Waals surface area contributed by atoms with Crippen LogP contribution in [0.15, 0.2) is 47.4 Å². The standard InChI is InChI=1S/C24H32N2O4S/c1-18-9-5-6-10-22(18)19(2)25-24(27)14-11-20-17-21(12-13-23(20)30-3)31(28,29)26-15-7-4-8-16-26/h5-6,9-10,12-13,17,19H,4,7-8,11,14-16H2,1-3H3,(H,25,27)/t19-/m0/s1. The van der Waals surface area contributed by atoms with Crippen molar-refractivity contribution in [2.24, 2.45) is 0 Å². The summed E-state index contributed by atoms with van der Waals surface area (Å²) in [6.45, 7) is 5.11. The summed E-state index contributed by atoms with van der Waals surface area (Å²) in [5, 5.41) is 3.04. The van der Waals surface area contributed by atoms with Crippen molar-refractivity contribution in [3.63, 3.8) is 0 Å². The van der Waals surface area contributed by atoms with Gasteiger partial charge in [-0.05, 0) is 68.0 Å². The van der Waals surface area contributed by atoms with Crippen LogP contribution in [-0.2, 0) is 21.2 Å². The maximum absolute atomic E-state index is 13.0. The molecule has 31 heavy (non-hydrogen) atoms. The van der Waals surface area contributed by atoms with Gasteiger partial charge in [0.25, 0.3) is 0 Å². The van der Waals surface area contributed by atoms with Crippen molar-refractivity contribution in [1.29, 1.82) is 0 Å². The largest absolute Gasteiger partial charge is 0.496 e. The Hall–Kier alpha value is -2.38. The third-order valence-electron chi connectivity index (χ3n) is 5.86. The number of methoxy groups -OCH3 is 1. The number of ether oxygens (including phenoxy) is 1. The summed E-state index contributed by atoms with van der Waals surface area (Å²) in [5.74, 6) is 0.513. The monoisotopic (exact) mass is 444 g/mol. The van der Waals surface area contributed by atoms with E-state index in [0.717, 1.165) is 36.0 Å². The Labute approximate surface area is 185 Å². The summed E-state index contributed by atoms with van der Waals surface area (Å²) < 4.78 is 33.0. The molecule has 3 rings (SSSR count). The Bertz CT molecular complexity index is 1010. The average molecular weight is 445 g/mol. The number of nitrogens with one attached hydrogen (secondary N) is 1. The minimum atomic E-state index is -3.53. The molecule has 0 bridgehead atoms. The third-order valence-corrected chi connectivity index (χ3v) is 7.75. The molecule has 1 atom stereocenters. The van der Waals surface area contributed by atoms with E-state index >= 15 is 0 Å². The molecule has 1 aliphatic heterocycles. The van der Waals surface area contributed by atoms with Gasteiger partial charge in [-0.15, -0.1) is 0 Å². The van der Waals surface area contributed by atoms with Crippen LogP contribution in [0.1, 0.15) is 55.3 Å². The lowest BCUT2D eigenvalue weighted by atomic mass is 10.0. The van der Waals surface area contributed by atoms with Gasteiger partial charge in [-0.25, -0.2) is 8.42 Å². The summed E-state index contributed by atoms with van der Waals surface area (Å²) in [5.41, 5.74) is 2.94. The molecule has 2 aromatic carbocycles. The molecule has 1 fully saturated rings. The molecule has 0 spiro atoms. The number of piperidine rings is 1. The van der Waals surface area contributed by atoms with Gasteiger partial charge in [0.1, 0.15) is 5.75 Å². The molecule has 6 nitrogen and oxygen atoms in total. The van der Waals surface area contributed by atoms with Crippen LogP contribution in [0.4, 0.5) is 0 Å². The number of nitrogens with zero attached hydrogens (tertiary/aromatic N) is 1. The molecule has 0 aliphatic carbocycles. The average Bonchev–Trinajstić information content (AvgIpc) is 2.78. The predicted molar refractivity (Wildman–Crippen MR) is 122 cm³/mol. The zero-order chi connectivity index (χ0) is 22.4. The van der Waals surface area contributed by atoms with Gasteiger partial charge in [0.05, 0.1) is 18.0 Å². The maximum atomic E-state index is 13.0. The first-order valence-corrected chi connectivity index (χ1v) is 12.3. The number of rotatable bonds is 8. The molecule has 0 radical (unpaired) electrons. The Kier molecular flexibility index (Phi) is 7.73. The first-order valence-electron chi connectivity index (χ1n) is 10.8. The lowest BCUT2D eigenvalue weighted by Gasteiger charge is -2.26. The fraction of sp³-hybridized carbons (Fsp3) is 0.458. The number of hydrogen-bond acceptors (Lipinski definition) is 4. The highest BCUT2D eigenvalue weighted by Gasteiger charge is 2.26. The summed E-state index contributed by atoms with van der Waals surface area (Å²) in [7, 11) is -1.98. The van der Waals surface area contributed by atoms with Crippen LogP contribution in [0.5, 0.6) is 5.75 Å². The van der Waals surface area contributed by atoms with E-state index in [0.29, 0.717) is 25.3 Å². The second-order valence-electron chi connectivity index (χ2n) is 8.08. The maximum Gasteiger partial charge on any atom is 0.243 e. The van der Waals surface area contributed by atoms with Crippen LogP contribution in [0.2, 0.25) is 0 Å². The lowest BCUT2D eigenvalue weighted by molar-refractivity contribution is -0.121. The van der Waals surface area contributed by atoms with Crippen molar-refractivity contribution >= 4 is 15.9 Å². The molecule has 0 unspecified atom stereocenters. The highest BCUT2D eigenvalue weighted by Crippen LogP contribution is 2.27. The van der Waals surface area contributed by atoms with Gasteiger partial charge in [0.15, 0.2) is 0 Å². The second-order valence-corrected chi connectivity index (χ2v) is 10.0. The fourth-order valence-corrected chi connectivity index (χ4v) is 5.65. The molecular formula is C24H32N2O4S. The normalized spacial score (nSPS) is 16.0. The van der Waals surface area contributed by atoms with Gasteiger partial charge < -0.3 is 10.1 Å². The van der Waals surface area contributed by atoms with Gasteiger partial charge >= 0.3 is 0 Å². The van der Waals surface area contributed by atoms with E-state index in [4.69, 9.17) is 4.74 Å². The molecule has 2 aromatic rings. The third kappa shape index (κ3) is 5.66. The van der Waals surface area contributed by atoms with Crippen molar-refractivity contribution in [3.8, 4) is 5.75 Å². The summed E-state index contributed by atoms with van der Waals surface area (Å²) in [6, 6.07) is 12.8. The van der Waals surface area contributed by atoms with E-state index in [1.807, 2.05) is 38.1 Å². The summed E-state index contributed by atoms with van der Waals surface area (Å²) in [6.07, 6.45) is 3.50. The molecular weight excluding hydrogens is 412 g/mol. The van der Waals surface area contributed by atoms with Crippen molar-refractivity contribution in [2.45, 2.75) is 56.9 Å². The molecule has 1 saturated heterocycles. The van der Waals surface area contributed by atoms with E-state index in [-0.39, 0.29) is 23.3 Å². The summed E-state index contributed by atoms with van der Waals surface area (Å²) >= 11 is 0. The van der Waals surface area contributed by atoms with Gasteiger partial charge in [-0.1, -0.05) is 30.7 Å². The van der Waals surface area contributed by atoms with E-state index in [2.05, 4.69) is 5.32 Å². The number of amides is 1. The fourth-order valence-electron chi connectivity index (χ4n) is 4.08. The van der Waals surface area contributed by atoms with E-state index < -0.39 is 10.0 Å². The molecule has 1 heterocycles. The van der Waals surface area contributed by atoms with Crippen molar-refractivity contribution in [3.05, 3.63) is 59.2 Å². The van der Waals surface area contributed by atoms with Crippen LogP contribution >= 0.6 is 0 Å². The minimum Gasteiger partial charge on any atom is -0.496 e. The zero-order valence-electron chi connectivity index (χ0n) is 18.6. The van der Waals surface area contributed by atoms with E-state index in [9.17, 15) is 13.2 Å². The van der Waals surface area contributed by atoms with Crippen LogP contribution in [0, 0.1) is 6.92 Å². The van der Waals surface area contributed by atoms with Crippen LogP contribution < -0.4 is 10.1 Å². The van der Waals surface area contributed by atoms with Crippen molar-refractivity contribution in [2.75, 3.05) is 20.2 Å². The number of hydrogen-bond donors (Lipinski definition) is 1. The highest BCUT2D eigenvalue weighted by atomic mass is 32.2. The first kappa shape index (κ1) is 23.3.